The van der Waals surface area contributed by atoms with Crippen LogP contribution in [0, 0.1) is 5.82 Å². The second-order valence-corrected chi connectivity index (χ2v) is 7.34. The first kappa shape index (κ1) is 17.7. The number of nitrogens with zero attached hydrogens (tertiary/aromatic N) is 2. The summed E-state index contributed by atoms with van der Waals surface area (Å²) in [7, 11) is 0. The number of nitrogens with one attached hydrogen (secondary N) is 2. The second kappa shape index (κ2) is 7.12. The van der Waals surface area contributed by atoms with Gasteiger partial charge in [0.25, 0.3) is 0 Å². The molecule has 27 heavy (non-hydrogen) atoms. The molecule has 1 saturated heterocycles. The van der Waals surface area contributed by atoms with Gasteiger partial charge in [0.2, 0.25) is 5.91 Å². The van der Waals surface area contributed by atoms with E-state index in [1.807, 2.05) is 24.3 Å². The highest BCUT2D eigenvalue weighted by atomic mass is 19.1. The van der Waals surface area contributed by atoms with Crippen LogP contribution >= 0.6 is 0 Å². The molecule has 5 nitrogen and oxygen atoms in total. The smallest absolute Gasteiger partial charge is 0.237 e. The van der Waals surface area contributed by atoms with Crippen molar-refractivity contribution in [1.82, 2.24) is 5.32 Å². The maximum absolute atomic E-state index is 14.7. The first-order valence-electron chi connectivity index (χ1n) is 9.26. The third kappa shape index (κ3) is 3.57. The van der Waals surface area contributed by atoms with Gasteiger partial charge in [-0.3, -0.25) is 9.79 Å². The quantitative estimate of drug-likeness (QED) is 0.818. The minimum atomic E-state index is -0.446. The normalized spacial score (nSPS) is 24.9. The Balaban J connectivity index is 1.53. The van der Waals surface area contributed by atoms with Gasteiger partial charge in [-0.05, 0) is 37.6 Å². The van der Waals surface area contributed by atoms with E-state index in [0.29, 0.717) is 23.5 Å². The van der Waals surface area contributed by atoms with Crippen LogP contribution in [0.1, 0.15) is 25.3 Å². The number of anilines is 2. The fourth-order valence-electron chi connectivity index (χ4n) is 3.90. The Morgan fingerprint density at radius 2 is 1.89 bits per heavy atom. The van der Waals surface area contributed by atoms with Gasteiger partial charge in [-0.15, -0.1) is 0 Å². The van der Waals surface area contributed by atoms with E-state index in [4.69, 9.17) is 0 Å². The minimum Gasteiger partial charge on any atom is -0.366 e. The largest absolute Gasteiger partial charge is 0.366 e. The summed E-state index contributed by atoms with van der Waals surface area (Å²) in [5, 5.41) is 6.29. The molecule has 140 valence electrons. The molecule has 1 fully saturated rings. The molecule has 0 saturated carbocycles. The van der Waals surface area contributed by atoms with Gasteiger partial charge in [-0.2, -0.15) is 0 Å². The monoisotopic (exact) mass is 366 g/mol. The zero-order chi connectivity index (χ0) is 19.0. The maximum atomic E-state index is 14.7. The molecule has 2 aromatic carbocycles. The van der Waals surface area contributed by atoms with Crippen LogP contribution < -0.4 is 15.5 Å². The Hall–Kier alpha value is -2.73. The summed E-state index contributed by atoms with van der Waals surface area (Å²) < 4.78 is 14.7. The number of rotatable bonds is 3. The number of hydrogen-bond donors (Lipinski definition) is 2. The molecule has 2 heterocycles. The van der Waals surface area contributed by atoms with Gasteiger partial charge in [-0.1, -0.05) is 18.2 Å². The highest BCUT2D eigenvalue weighted by Gasteiger charge is 2.28. The molecule has 2 aromatic rings. The topological polar surface area (TPSA) is 56.7 Å². The van der Waals surface area contributed by atoms with E-state index in [0.717, 1.165) is 24.3 Å². The van der Waals surface area contributed by atoms with Crippen molar-refractivity contribution in [3.8, 4) is 0 Å². The average Bonchev–Trinajstić information content (AvgIpc) is 2.94. The van der Waals surface area contributed by atoms with Gasteiger partial charge < -0.3 is 15.5 Å². The van der Waals surface area contributed by atoms with E-state index >= 15 is 0 Å². The summed E-state index contributed by atoms with van der Waals surface area (Å²) in [6.07, 6.45) is 1.59. The van der Waals surface area contributed by atoms with Crippen molar-refractivity contribution in [3.05, 3.63) is 53.8 Å². The maximum Gasteiger partial charge on any atom is 0.237 e. The van der Waals surface area contributed by atoms with E-state index in [-0.39, 0.29) is 11.7 Å². The first-order chi connectivity index (χ1) is 13.0. The Kier molecular flexibility index (Phi) is 4.66. The second-order valence-electron chi connectivity index (χ2n) is 7.34. The highest BCUT2D eigenvalue weighted by molar-refractivity contribution is 6.12. The fourth-order valence-corrected chi connectivity index (χ4v) is 3.90. The summed E-state index contributed by atoms with van der Waals surface area (Å²) in [6.45, 7) is 5.74. The van der Waals surface area contributed by atoms with Crippen LogP contribution in [-0.2, 0) is 4.79 Å². The number of amides is 1. The van der Waals surface area contributed by atoms with Gasteiger partial charge >= 0.3 is 0 Å². The summed E-state index contributed by atoms with van der Waals surface area (Å²) in [4.78, 5) is 18.6. The molecule has 3 atom stereocenters. The Bertz CT molecular complexity index is 888. The third-order valence-corrected chi connectivity index (χ3v) is 5.04. The number of piperazine rings is 1. The van der Waals surface area contributed by atoms with Crippen molar-refractivity contribution in [1.29, 1.82) is 0 Å². The zero-order valence-electron chi connectivity index (χ0n) is 15.4. The van der Waals surface area contributed by atoms with Crippen molar-refractivity contribution in [3.63, 3.8) is 0 Å². The lowest BCUT2D eigenvalue weighted by molar-refractivity contribution is -0.115. The van der Waals surface area contributed by atoms with E-state index in [2.05, 4.69) is 34.4 Å². The number of carbonyl (C=O) groups excluding carboxylic acids is 1. The Morgan fingerprint density at radius 3 is 2.63 bits per heavy atom. The molecular weight excluding hydrogens is 343 g/mol. The molecule has 0 aromatic heterocycles. The van der Waals surface area contributed by atoms with Crippen molar-refractivity contribution < 1.29 is 9.18 Å². The van der Waals surface area contributed by atoms with Crippen molar-refractivity contribution >= 4 is 29.2 Å². The van der Waals surface area contributed by atoms with E-state index < -0.39 is 5.92 Å². The molecule has 2 aliphatic heterocycles. The van der Waals surface area contributed by atoms with Gasteiger partial charge in [0.15, 0.2) is 0 Å². The number of fused-ring (bicyclic) bond motifs is 1. The minimum absolute atomic E-state index is 0.110. The van der Waals surface area contributed by atoms with E-state index in [1.165, 1.54) is 6.07 Å². The van der Waals surface area contributed by atoms with Crippen molar-refractivity contribution in [2.24, 2.45) is 4.99 Å². The molecule has 6 heteroatoms. The van der Waals surface area contributed by atoms with E-state index in [9.17, 15) is 9.18 Å². The van der Waals surface area contributed by atoms with Crippen LogP contribution in [0.5, 0.6) is 0 Å². The van der Waals surface area contributed by atoms with Gasteiger partial charge in [0.1, 0.15) is 11.7 Å². The molecule has 2 aliphatic rings. The third-order valence-electron chi connectivity index (χ3n) is 5.04. The molecule has 1 amide bonds. The van der Waals surface area contributed by atoms with Gasteiger partial charge in [0, 0.05) is 43.1 Å². The molecule has 0 spiro atoms. The van der Waals surface area contributed by atoms with Crippen LogP contribution in [0.2, 0.25) is 0 Å². The lowest BCUT2D eigenvalue weighted by Crippen LogP contribution is -2.54. The summed E-state index contributed by atoms with van der Waals surface area (Å²) in [5.41, 5.74) is 2.80. The van der Waals surface area contributed by atoms with Crippen LogP contribution in [-0.4, -0.2) is 37.3 Å². The SMILES string of the molecule is CC1CN(c2ccc(N=CC3C(=O)Nc4ccccc43)cc2F)CC(C)N1. The van der Waals surface area contributed by atoms with Crippen LogP contribution in [0.25, 0.3) is 0 Å². The lowest BCUT2D eigenvalue weighted by atomic mass is 10.0. The Morgan fingerprint density at radius 1 is 1.15 bits per heavy atom. The number of benzene rings is 2. The molecule has 0 bridgehead atoms. The summed E-state index contributed by atoms with van der Waals surface area (Å²) in [5.74, 6) is -0.845. The van der Waals surface area contributed by atoms with Crippen molar-refractivity contribution in [2.45, 2.75) is 31.8 Å². The average molecular weight is 366 g/mol. The van der Waals surface area contributed by atoms with Crippen LogP contribution in [0.3, 0.4) is 0 Å². The number of carbonyl (C=O) groups is 1. The standard InChI is InChI=1S/C21H23FN4O/c1-13-11-26(12-14(2)24-13)20-8-7-15(9-18(20)22)23-10-17-16-5-3-4-6-19(16)25-21(17)27/h3-10,13-14,17,24H,11-12H2,1-2H3,(H,25,27). The highest BCUT2D eigenvalue weighted by Crippen LogP contribution is 2.32. The molecular formula is C21H23FN4O. The first-order valence-corrected chi connectivity index (χ1v) is 9.26. The molecule has 0 radical (unpaired) electrons. The number of halogens is 1. The molecule has 0 aliphatic carbocycles. The zero-order valence-corrected chi connectivity index (χ0v) is 15.4. The lowest BCUT2D eigenvalue weighted by Gasteiger charge is -2.37. The van der Waals surface area contributed by atoms with Gasteiger partial charge in [-0.25, -0.2) is 4.39 Å². The number of para-hydroxylation sites is 1. The molecule has 4 rings (SSSR count). The molecule has 2 N–H and O–H groups in total. The van der Waals surface area contributed by atoms with E-state index in [1.54, 1.807) is 18.3 Å². The molecule has 3 unspecified atom stereocenters. The van der Waals surface area contributed by atoms with Gasteiger partial charge in [0.05, 0.1) is 11.4 Å². The Labute approximate surface area is 158 Å². The van der Waals surface area contributed by atoms with Crippen molar-refractivity contribution in [2.75, 3.05) is 23.3 Å². The van der Waals surface area contributed by atoms with Crippen LogP contribution in [0.15, 0.2) is 47.5 Å². The van der Waals surface area contributed by atoms with Crippen LogP contribution in [0.4, 0.5) is 21.5 Å². The summed E-state index contributed by atoms with van der Waals surface area (Å²) >= 11 is 0. The number of hydrogen-bond acceptors (Lipinski definition) is 4. The number of aliphatic imine (C=N–C) groups is 1. The predicted molar refractivity (Wildman–Crippen MR) is 107 cm³/mol. The predicted octanol–water partition coefficient (Wildman–Crippen LogP) is 3.45. The summed E-state index contributed by atoms with van der Waals surface area (Å²) in [6, 6.07) is 13.2. The fraction of sp³-hybridized carbons (Fsp3) is 0.333.